The largest absolute Gasteiger partial charge is 0.258 e. The van der Waals surface area contributed by atoms with Crippen molar-refractivity contribution in [3.63, 3.8) is 0 Å². The SMILES string of the molecule is C=CCC(C=C)=NC(=C)CC1C(CCC)c2ccccc2-c2cc(C3CCCCC3)c([Si](C)(C)C)c[n+]21. The summed E-state index contributed by atoms with van der Waals surface area (Å²) in [7, 11) is -1.56. The van der Waals surface area contributed by atoms with Gasteiger partial charge in [-0.1, -0.05) is 89.7 Å². The lowest BCUT2D eigenvalue weighted by Gasteiger charge is -2.34. The first kappa shape index (κ1) is 27.5. The van der Waals surface area contributed by atoms with Crippen LogP contribution in [0.3, 0.4) is 0 Å². The number of fused-ring (bicyclic) bond motifs is 3. The third-order valence-corrected chi connectivity index (χ3v) is 10.4. The molecule has 196 valence electrons. The van der Waals surface area contributed by atoms with Crippen LogP contribution in [-0.2, 0) is 0 Å². The summed E-state index contributed by atoms with van der Waals surface area (Å²) in [6, 6.07) is 12.1. The van der Waals surface area contributed by atoms with Gasteiger partial charge in [-0.25, -0.2) is 0 Å². The summed E-state index contributed by atoms with van der Waals surface area (Å²) in [6.07, 6.45) is 17.0. The quantitative estimate of drug-likeness (QED) is 0.131. The standard InChI is InChI=1S/C34H47N2Si/c1-8-16-27(10-3)35-25(4)22-32-29(17-9-2)28-20-14-15-21-30(28)33-23-31(26-18-12-11-13-19-26)34(24-36(32)33)37(5,6)7/h8,10,14-15,20-21,23-24,26,29,32H,1,3-4,9,11-13,16-19,22H2,2,5-7H3/q+1. The Morgan fingerprint density at radius 1 is 1.08 bits per heavy atom. The first-order valence-corrected chi connectivity index (χ1v) is 18.0. The van der Waals surface area contributed by atoms with Gasteiger partial charge in [0.05, 0.1) is 14.5 Å². The van der Waals surface area contributed by atoms with Gasteiger partial charge in [0.2, 0.25) is 5.69 Å². The summed E-state index contributed by atoms with van der Waals surface area (Å²) in [5.74, 6) is 1.15. The number of aromatic nitrogens is 1. The van der Waals surface area contributed by atoms with Crippen molar-refractivity contribution in [3.05, 3.63) is 85.2 Å². The first-order valence-electron chi connectivity index (χ1n) is 14.5. The smallest absolute Gasteiger partial charge is 0.213 e. The van der Waals surface area contributed by atoms with Crippen molar-refractivity contribution >= 4 is 19.0 Å². The van der Waals surface area contributed by atoms with E-state index >= 15 is 0 Å². The molecule has 1 aromatic carbocycles. The highest BCUT2D eigenvalue weighted by Crippen LogP contribution is 2.44. The summed E-state index contributed by atoms with van der Waals surface area (Å²) in [5.41, 5.74) is 7.84. The molecule has 4 rings (SSSR count). The van der Waals surface area contributed by atoms with Crippen LogP contribution in [-0.4, -0.2) is 13.8 Å². The topological polar surface area (TPSA) is 16.2 Å². The van der Waals surface area contributed by atoms with Crippen molar-refractivity contribution in [3.8, 4) is 11.3 Å². The number of aliphatic imine (C=N–C) groups is 1. The lowest BCUT2D eigenvalue weighted by Crippen LogP contribution is -2.54. The van der Waals surface area contributed by atoms with E-state index in [0.717, 1.165) is 30.7 Å². The van der Waals surface area contributed by atoms with Crippen molar-refractivity contribution in [2.24, 2.45) is 4.99 Å². The minimum absolute atomic E-state index is 0.311. The zero-order valence-electron chi connectivity index (χ0n) is 23.7. The van der Waals surface area contributed by atoms with Crippen LogP contribution < -0.4 is 9.75 Å². The molecule has 0 spiro atoms. The lowest BCUT2D eigenvalue weighted by atomic mass is 9.77. The number of allylic oxidation sites excluding steroid dienone is 3. The van der Waals surface area contributed by atoms with E-state index in [0.29, 0.717) is 17.9 Å². The second-order valence-corrected chi connectivity index (χ2v) is 17.2. The maximum absolute atomic E-state index is 4.89. The van der Waals surface area contributed by atoms with E-state index in [9.17, 15) is 0 Å². The molecule has 0 bridgehead atoms. The van der Waals surface area contributed by atoms with Crippen LogP contribution in [0.25, 0.3) is 11.3 Å². The van der Waals surface area contributed by atoms with Crippen LogP contribution in [0.4, 0.5) is 0 Å². The molecule has 2 aromatic rings. The Kier molecular flexibility index (Phi) is 8.85. The van der Waals surface area contributed by atoms with Crippen LogP contribution in [0.1, 0.15) is 93.7 Å². The average Bonchev–Trinajstić information content (AvgIpc) is 2.89. The minimum atomic E-state index is -1.56. The van der Waals surface area contributed by atoms with Gasteiger partial charge in [0.15, 0.2) is 12.2 Å². The predicted molar refractivity (Wildman–Crippen MR) is 164 cm³/mol. The van der Waals surface area contributed by atoms with Gasteiger partial charge in [-0.2, -0.15) is 4.57 Å². The van der Waals surface area contributed by atoms with Crippen LogP contribution in [0, 0.1) is 0 Å². The van der Waals surface area contributed by atoms with Crippen molar-refractivity contribution < 1.29 is 4.57 Å². The molecular weight excluding hydrogens is 464 g/mol. The van der Waals surface area contributed by atoms with E-state index in [1.807, 2.05) is 12.2 Å². The molecule has 2 aliphatic rings. The number of rotatable bonds is 10. The molecule has 1 saturated carbocycles. The van der Waals surface area contributed by atoms with Gasteiger partial charge in [0.25, 0.3) is 0 Å². The molecule has 0 radical (unpaired) electrons. The Bertz CT molecular complexity index is 1180. The van der Waals surface area contributed by atoms with Gasteiger partial charge in [-0.15, -0.1) is 6.58 Å². The molecule has 2 nitrogen and oxygen atoms in total. The number of nitrogens with zero attached hydrogens (tertiary/aromatic N) is 2. The maximum atomic E-state index is 4.89. The van der Waals surface area contributed by atoms with Crippen molar-refractivity contribution in [2.75, 3.05) is 0 Å². The summed E-state index contributed by atoms with van der Waals surface area (Å²) < 4.78 is 2.64. The summed E-state index contributed by atoms with van der Waals surface area (Å²) >= 11 is 0. The van der Waals surface area contributed by atoms with E-state index < -0.39 is 8.07 Å². The van der Waals surface area contributed by atoms with Crippen molar-refractivity contribution in [1.82, 2.24) is 0 Å². The van der Waals surface area contributed by atoms with Crippen LogP contribution in [0.15, 0.2) is 79.1 Å². The Morgan fingerprint density at radius 2 is 1.81 bits per heavy atom. The third-order valence-electron chi connectivity index (χ3n) is 8.40. The Labute approximate surface area is 227 Å². The van der Waals surface area contributed by atoms with E-state index in [-0.39, 0.29) is 0 Å². The van der Waals surface area contributed by atoms with E-state index in [4.69, 9.17) is 4.99 Å². The average molecular weight is 512 g/mol. The van der Waals surface area contributed by atoms with E-state index in [1.165, 1.54) is 55.3 Å². The molecule has 1 aliphatic carbocycles. The molecule has 1 fully saturated rings. The molecule has 2 atom stereocenters. The number of benzene rings is 1. The van der Waals surface area contributed by atoms with E-state index in [2.05, 4.69) is 87.4 Å². The molecule has 1 aromatic heterocycles. The Hall–Kier alpha value is -2.52. The fourth-order valence-electron chi connectivity index (χ4n) is 6.62. The van der Waals surface area contributed by atoms with Crippen molar-refractivity contribution in [1.29, 1.82) is 0 Å². The number of hydrogen-bond acceptors (Lipinski definition) is 1. The number of pyridine rings is 1. The molecule has 0 saturated heterocycles. The second kappa shape index (κ2) is 11.9. The van der Waals surface area contributed by atoms with Crippen LogP contribution >= 0.6 is 0 Å². The fraction of sp³-hybridized carbons (Fsp3) is 0.471. The predicted octanol–water partition coefficient (Wildman–Crippen LogP) is 8.78. The molecule has 3 heteroatoms. The molecular formula is C34H47N2Si+. The highest BCUT2D eigenvalue weighted by molar-refractivity contribution is 6.89. The highest BCUT2D eigenvalue weighted by Gasteiger charge is 2.42. The molecule has 0 amide bonds. The van der Waals surface area contributed by atoms with Crippen molar-refractivity contribution in [2.45, 2.75) is 102 Å². The zero-order chi connectivity index (χ0) is 26.6. The van der Waals surface area contributed by atoms with Gasteiger partial charge >= 0.3 is 0 Å². The third kappa shape index (κ3) is 5.98. The fourth-order valence-corrected chi connectivity index (χ4v) is 8.29. The second-order valence-electron chi connectivity index (χ2n) is 12.1. The molecule has 2 heterocycles. The maximum Gasteiger partial charge on any atom is 0.213 e. The summed E-state index contributed by atoms with van der Waals surface area (Å²) in [6.45, 7) is 22.1. The normalized spacial score (nSPS) is 20.2. The van der Waals surface area contributed by atoms with Gasteiger partial charge < -0.3 is 0 Å². The van der Waals surface area contributed by atoms with Crippen LogP contribution in [0.2, 0.25) is 19.6 Å². The minimum Gasteiger partial charge on any atom is -0.258 e. The molecule has 0 N–H and O–H groups in total. The van der Waals surface area contributed by atoms with Gasteiger partial charge in [0.1, 0.15) is 0 Å². The zero-order valence-corrected chi connectivity index (χ0v) is 24.7. The molecule has 2 unspecified atom stereocenters. The molecule has 1 aliphatic heterocycles. The molecule has 37 heavy (non-hydrogen) atoms. The van der Waals surface area contributed by atoms with Gasteiger partial charge in [0, 0.05) is 40.6 Å². The van der Waals surface area contributed by atoms with Crippen LogP contribution in [0.5, 0.6) is 0 Å². The lowest BCUT2D eigenvalue weighted by molar-refractivity contribution is -0.717. The Morgan fingerprint density at radius 3 is 2.46 bits per heavy atom. The van der Waals surface area contributed by atoms with Gasteiger partial charge in [-0.05, 0) is 48.4 Å². The van der Waals surface area contributed by atoms with Gasteiger partial charge in [-0.3, -0.25) is 4.99 Å². The van der Waals surface area contributed by atoms with E-state index in [1.54, 1.807) is 10.8 Å². The number of hydrogen-bond donors (Lipinski definition) is 0. The summed E-state index contributed by atoms with van der Waals surface area (Å²) in [5, 5.41) is 1.65. The Balaban J connectivity index is 1.89. The summed E-state index contributed by atoms with van der Waals surface area (Å²) in [4.78, 5) is 4.89. The first-order chi connectivity index (χ1) is 17.8. The monoisotopic (exact) mass is 511 g/mol. The highest BCUT2D eigenvalue weighted by atomic mass is 28.3.